The van der Waals surface area contributed by atoms with Gasteiger partial charge in [0.1, 0.15) is 6.04 Å². The number of benzene rings is 1. The van der Waals surface area contributed by atoms with Crippen LogP contribution in [0.1, 0.15) is 28.9 Å². The van der Waals surface area contributed by atoms with Crippen LogP contribution in [0.3, 0.4) is 0 Å². The molecule has 1 unspecified atom stereocenters. The molecule has 0 spiro atoms. The van der Waals surface area contributed by atoms with E-state index in [9.17, 15) is 31.5 Å². The van der Waals surface area contributed by atoms with Crippen molar-refractivity contribution in [2.24, 2.45) is 0 Å². The van der Waals surface area contributed by atoms with E-state index in [1.807, 2.05) is 0 Å². The van der Waals surface area contributed by atoms with Crippen molar-refractivity contribution in [2.75, 3.05) is 5.32 Å². The molecule has 1 amide bonds. The number of aromatic carboxylic acids is 1. The monoisotopic (exact) mass is 429 g/mol. The van der Waals surface area contributed by atoms with E-state index in [4.69, 9.17) is 5.11 Å². The van der Waals surface area contributed by atoms with Gasteiger partial charge in [0, 0.05) is 12.4 Å². The highest BCUT2D eigenvalue weighted by Gasteiger charge is 2.26. The molecule has 0 aliphatic heterocycles. The van der Waals surface area contributed by atoms with Crippen molar-refractivity contribution in [1.82, 2.24) is 19.6 Å². The average Bonchev–Trinajstić information content (AvgIpc) is 3.37. The lowest BCUT2D eigenvalue weighted by atomic mass is 10.1. The lowest BCUT2D eigenvalue weighted by Gasteiger charge is -2.11. The zero-order valence-corrected chi connectivity index (χ0v) is 15.0. The van der Waals surface area contributed by atoms with Gasteiger partial charge in [-0.05, 0) is 6.92 Å². The van der Waals surface area contributed by atoms with Gasteiger partial charge in [-0.3, -0.25) is 14.2 Å². The number of anilines is 1. The fourth-order valence-corrected chi connectivity index (χ4v) is 2.49. The number of nitrogens with one attached hydrogen (secondary N) is 1. The molecular formula is C17H12F5N5O3. The van der Waals surface area contributed by atoms with Gasteiger partial charge >= 0.3 is 5.97 Å². The van der Waals surface area contributed by atoms with Gasteiger partial charge in [-0.2, -0.15) is 10.2 Å². The predicted molar refractivity (Wildman–Crippen MR) is 90.1 cm³/mol. The minimum atomic E-state index is -2.26. The summed E-state index contributed by atoms with van der Waals surface area (Å²) >= 11 is 0. The maximum absolute atomic E-state index is 13.8. The summed E-state index contributed by atoms with van der Waals surface area (Å²) in [4.78, 5) is 23.2. The summed E-state index contributed by atoms with van der Waals surface area (Å²) < 4.78 is 69.2. The van der Waals surface area contributed by atoms with Gasteiger partial charge in [-0.25, -0.2) is 26.7 Å². The van der Waals surface area contributed by atoms with Crippen molar-refractivity contribution in [3.05, 3.63) is 65.0 Å². The van der Waals surface area contributed by atoms with Crippen LogP contribution in [0.2, 0.25) is 0 Å². The van der Waals surface area contributed by atoms with E-state index < -0.39 is 59.1 Å². The molecule has 0 aliphatic carbocycles. The van der Waals surface area contributed by atoms with Gasteiger partial charge in [0.2, 0.25) is 11.7 Å². The molecule has 0 fully saturated rings. The van der Waals surface area contributed by atoms with Crippen LogP contribution in [0.4, 0.5) is 27.6 Å². The van der Waals surface area contributed by atoms with Crippen LogP contribution >= 0.6 is 0 Å². The van der Waals surface area contributed by atoms with Crippen LogP contribution in [0.15, 0.2) is 24.8 Å². The number of rotatable bonds is 6. The molecule has 1 aromatic carbocycles. The molecule has 0 bridgehead atoms. The van der Waals surface area contributed by atoms with Crippen molar-refractivity contribution in [3.63, 3.8) is 0 Å². The molecule has 3 rings (SSSR count). The largest absolute Gasteiger partial charge is 0.478 e. The van der Waals surface area contributed by atoms with Crippen LogP contribution in [-0.2, 0) is 11.3 Å². The normalized spacial score (nSPS) is 12.1. The zero-order chi connectivity index (χ0) is 22.2. The van der Waals surface area contributed by atoms with E-state index in [1.54, 1.807) is 0 Å². The number of hydrogen-bond donors (Lipinski definition) is 2. The number of aromatic nitrogens is 4. The number of carbonyl (C=O) groups is 2. The Bertz CT molecular complexity index is 1110. The minimum absolute atomic E-state index is 0.0707. The van der Waals surface area contributed by atoms with Crippen LogP contribution in [-0.4, -0.2) is 36.5 Å². The molecule has 0 saturated heterocycles. The fraction of sp³-hybridized carbons (Fsp3) is 0.176. The molecule has 0 aliphatic rings. The highest BCUT2D eigenvalue weighted by molar-refractivity contribution is 5.93. The van der Waals surface area contributed by atoms with Crippen LogP contribution in [0, 0.1) is 29.1 Å². The molecule has 2 N–H and O–H groups in total. The third-order valence-electron chi connectivity index (χ3n) is 4.15. The van der Waals surface area contributed by atoms with E-state index in [2.05, 4.69) is 15.5 Å². The minimum Gasteiger partial charge on any atom is -0.478 e. The van der Waals surface area contributed by atoms with Gasteiger partial charge in [-0.15, -0.1) is 0 Å². The Labute approximate surface area is 164 Å². The molecule has 3 aromatic rings. The summed E-state index contributed by atoms with van der Waals surface area (Å²) in [5.74, 6) is -12.2. The number of carbonyl (C=O) groups excluding carboxylic acids is 1. The number of amides is 1. The number of hydrogen-bond acceptors (Lipinski definition) is 4. The zero-order valence-electron chi connectivity index (χ0n) is 15.0. The first kappa shape index (κ1) is 21.0. The third kappa shape index (κ3) is 3.86. The van der Waals surface area contributed by atoms with E-state index in [-0.39, 0.29) is 11.3 Å². The summed E-state index contributed by atoms with van der Waals surface area (Å²) in [5, 5.41) is 18.8. The second-order valence-corrected chi connectivity index (χ2v) is 6.15. The summed E-state index contributed by atoms with van der Waals surface area (Å²) in [6, 6.07) is -0.920. The lowest BCUT2D eigenvalue weighted by molar-refractivity contribution is -0.119. The molecule has 13 heteroatoms. The Morgan fingerprint density at radius 3 is 2.17 bits per heavy atom. The number of nitrogens with zero attached hydrogens (tertiary/aromatic N) is 4. The Balaban J connectivity index is 1.74. The van der Waals surface area contributed by atoms with Gasteiger partial charge in [0.25, 0.3) is 0 Å². The summed E-state index contributed by atoms with van der Waals surface area (Å²) in [6.45, 7) is 0.658. The van der Waals surface area contributed by atoms with Crippen molar-refractivity contribution in [1.29, 1.82) is 0 Å². The Kier molecular flexibility index (Phi) is 5.54. The molecule has 158 valence electrons. The van der Waals surface area contributed by atoms with Crippen LogP contribution in [0.25, 0.3) is 0 Å². The summed E-state index contributed by atoms with van der Waals surface area (Å²) in [7, 11) is 0. The Morgan fingerprint density at radius 1 is 1.00 bits per heavy atom. The first-order valence-corrected chi connectivity index (χ1v) is 8.21. The number of carboxylic acids is 1. The van der Waals surface area contributed by atoms with Crippen molar-refractivity contribution < 1.29 is 36.6 Å². The second-order valence-electron chi connectivity index (χ2n) is 6.15. The molecule has 8 nitrogen and oxygen atoms in total. The topological polar surface area (TPSA) is 102 Å². The molecule has 2 heterocycles. The van der Waals surface area contributed by atoms with E-state index in [0.717, 1.165) is 34.2 Å². The standard InChI is InChI=1S/C17H12F5N5O3/c1-7(27-4-8(2-24-27)17(29)30)16(28)25-9-3-23-26(5-9)6-10-11(18)13(20)15(22)14(21)12(10)19/h2-5,7H,6H2,1H3,(H,25,28)(H,29,30). The van der Waals surface area contributed by atoms with Crippen molar-refractivity contribution >= 4 is 17.6 Å². The Hall–Kier alpha value is -3.77. The summed E-state index contributed by atoms with van der Waals surface area (Å²) in [6.07, 6.45) is 4.43. The number of halogens is 5. The maximum Gasteiger partial charge on any atom is 0.338 e. The molecular weight excluding hydrogens is 417 g/mol. The third-order valence-corrected chi connectivity index (χ3v) is 4.15. The van der Waals surface area contributed by atoms with Gasteiger partial charge in [0.05, 0.1) is 35.8 Å². The molecule has 0 saturated carbocycles. The average molecular weight is 429 g/mol. The second kappa shape index (κ2) is 7.93. The van der Waals surface area contributed by atoms with Crippen LogP contribution < -0.4 is 5.32 Å². The van der Waals surface area contributed by atoms with E-state index in [1.165, 1.54) is 6.92 Å². The fourth-order valence-electron chi connectivity index (χ4n) is 2.49. The molecule has 2 aromatic heterocycles. The maximum atomic E-state index is 13.8. The molecule has 0 radical (unpaired) electrons. The smallest absolute Gasteiger partial charge is 0.338 e. The van der Waals surface area contributed by atoms with E-state index >= 15 is 0 Å². The Morgan fingerprint density at radius 2 is 1.60 bits per heavy atom. The highest BCUT2D eigenvalue weighted by Crippen LogP contribution is 2.24. The molecule has 1 atom stereocenters. The van der Waals surface area contributed by atoms with E-state index in [0.29, 0.717) is 0 Å². The highest BCUT2D eigenvalue weighted by atomic mass is 19.2. The van der Waals surface area contributed by atoms with Gasteiger partial charge < -0.3 is 10.4 Å². The quantitative estimate of drug-likeness (QED) is 0.357. The van der Waals surface area contributed by atoms with Crippen molar-refractivity contribution in [2.45, 2.75) is 19.5 Å². The van der Waals surface area contributed by atoms with Crippen molar-refractivity contribution in [3.8, 4) is 0 Å². The van der Waals surface area contributed by atoms with Gasteiger partial charge in [0.15, 0.2) is 23.3 Å². The number of carboxylic acid groups (broad SMARTS) is 1. The first-order valence-electron chi connectivity index (χ1n) is 8.21. The predicted octanol–water partition coefficient (Wildman–Crippen LogP) is 2.72. The SMILES string of the molecule is CC(C(=O)Nc1cnn(Cc2c(F)c(F)c(F)c(F)c2F)c1)n1cc(C(=O)O)cn1. The lowest BCUT2D eigenvalue weighted by Crippen LogP contribution is -2.23. The van der Waals surface area contributed by atoms with Gasteiger partial charge in [-0.1, -0.05) is 0 Å². The summed E-state index contributed by atoms with van der Waals surface area (Å²) in [5.41, 5.74) is -1.13. The van der Waals surface area contributed by atoms with Crippen LogP contribution in [0.5, 0.6) is 0 Å². The molecule has 30 heavy (non-hydrogen) atoms. The first-order chi connectivity index (χ1) is 14.1.